The van der Waals surface area contributed by atoms with E-state index >= 15 is 0 Å². The van der Waals surface area contributed by atoms with Crippen LogP contribution in [-0.4, -0.2) is 11.9 Å². The molecular weight excluding hydrogens is 376 g/mol. The first-order valence-corrected chi connectivity index (χ1v) is 10.4. The Morgan fingerprint density at radius 1 is 0.700 bits per heavy atom. The van der Waals surface area contributed by atoms with E-state index in [9.17, 15) is 9.59 Å². The minimum atomic E-state index is -0.375. The molecule has 2 aliphatic rings. The molecule has 2 rings (SSSR count). The number of allylic oxidation sites excluding steroid dienone is 8. The van der Waals surface area contributed by atoms with Gasteiger partial charge in [-0.1, -0.05) is 64.2 Å². The summed E-state index contributed by atoms with van der Waals surface area (Å²) in [7, 11) is 0. The summed E-state index contributed by atoms with van der Waals surface area (Å²) in [6.45, 7) is 19.6. The van der Waals surface area contributed by atoms with E-state index in [1.807, 2.05) is 12.2 Å². The fourth-order valence-electron chi connectivity index (χ4n) is 3.66. The highest BCUT2D eigenvalue weighted by Gasteiger charge is 2.42. The molecule has 0 aromatic heterocycles. The molecule has 4 nitrogen and oxygen atoms in total. The molecule has 0 saturated carbocycles. The standard InChI is InChI=1S/C26H34O4/c1-17(2)23(27)29-21-13-9-19(10-14-21)25(5,6)26(7,8)20-11-15-22(16-12-20)30-24(28)18(3)4/h9,11,13,15H,1,3,10,12,14,16H2,2,4-8H3. The molecule has 0 unspecified atom stereocenters. The van der Waals surface area contributed by atoms with E-state index < -0.39 is 0 Å². The Labute approximate surface area is 180 Å². The largest absolute Gasteiger partial charge is 0.428 e. The average molecular weight is 411 g/mol. The van der Waals surface area contributed by atoms with Crippen LogP contribution >= 0.6 is 0 Å². The van der Waals surface area contributed by atoms with Gasteiger partial charge in [0.05, 0.1) is 0 Å². The quantitative estimate of drug-likeness (QED) is 0.356. The fraction of sp³-hybridized carbons (Fsp3) is 0.462. The van der Waals surface area contributed by atoms with Crippen LogP contribution in [0.4, 0.5) is 0 Å². The zero-order chi connectivity index (χ0) is 22.7. The summed E-state index contributed by atoms with van der Waals surface area (Å²) < 4.78 is 10.8. The lowest BCUT2D eigenvalue weighted by molar-refractivity contribution is -0.136. The summed E-state index contributed by atoms with van der Waals surface area (Å²) in [6.07, 6.45) is 11.1. The minimum absolute atomic E-state index is 0.0983. The zero-order valence-electron chi connectivity index (χ0n) is 19.2. The second-order valence-corrected chi connectivity index (χ2v) is 9.24. The molecule has 0 radical (unpaired) electrons. The normalized spacial score (nSPS) is 17.1. The van der Waals surface area contributed by atoms with Crippen molar-refractivity contribution in [2.75, 3.05) is 0 Å². The summed E-state index contributed by atoms with van der Waals surface area (Å²) in [5.41, 5.74) is 3.26. The minimum Gasteiger partial charge on any atom is -0.428 e. The van der Waals surface area contributed by atoms with Crippen LogP contribution in [0.25, 0.3) is 0 Å². The summed E-state index contributed by atoms with van der Waals surface area (Å²) in [5, 5.41) is 0. The molecule has 162 valence electrons. The third-order valence-corrected chi connectivity index (χ3v) is 6.53. The second-order valence-electron chi connectivity index (χ2n) is 9.24. The Balaban J connectivity index is 2.18. The molecule has 4 heteroatoms. The molecule has 0 aromatic carbocycles. The van der Waals surface area contributed by atoms with Crippen LogP contribution < -0.4 is 0 Å². The highest BCUT2D eigenvalue weighted by atomic mass is 16.5. The first kappa shape index (κ1) is 23.7. The lowest BCUT2D eigenvalue weighted by atomic mass is 9.58. The van der Waals surface area contributed by atoms with Gasteiger partial charge in [-0.15, -0.1) is 0 Å². The molecule has 0 aliphatic heterocycles. The van der Waals surface area contributed by atoms with Crippen molar-refractivity contribution in [3.63, 3.8) is 0 Å². The smallest absolute Gasteiger partial charge is 0.338 e. The van der Waals surface area contributed by atoms with Crippen LogP contribution in [0, 0.1) is 10.8 Å². The van der Waals surface area contributed by atoms with Gasteiger partial charge in [0.25, 0.3) is 0 Å². The van der Waals surface area contributed by atoms with Crippen LogP contribution in [0.5, 0.6) is 0 Å². The van der Waals surface area contributed by atoms with E-state index in [1.54, 1.807) is 13.8 Å². The van der Waals surface area contributed by atoms with Gasteiger partial charge in [-0.2, -0.15) is 0 Å². The number of hydrogen-bond donors (Lipinski definition) is 0. The molecule has 2 aliphatic carbocycles. The first-order valence-electron chi connectivity index (χ1n) is 10.4. The van der Waals surface area contributed by atoms with Gasteiger partial charge < -0.3 is 9.47 Å². The molecule has 0 fully saturated rings. The van der Waals surface area contributed by atoms with Crippen LogP contribution in [0.2, 0.25) is 0 Å². The number of hydrogen-bond acceptors (Lipinski definition) is 4. The topological polar surface area (TPSA) is 52.6 Å². The van der Waals surface area contributed by atoms with Gasteiger partial charge in [-0.05, 0) is 49.7 Å². The third-order valence-electron chi connectivity index (χ3n) is 6.53. The van der Waals surface area contributed by atoms with Crippen molar-refractivity contribution in [2.24, 2.45) is 10.8 Å². The monoisotopic (exact) mass is 410 g/mol. The third kappa shape index (κ3) is 5.10. The van der Waals surface area contributed by atoms with Crippen molar-refractivity contribution < 1.29 is 19.1 Å². The highest BCUT2D eigenvalue weighted by Crippen LogP contribution is 2.53. The van der Waals surface area contributed by atoms with Gasteiger partial charge in [-0.25, -0.2) is 9.59 Å². The van der Waals surface area contributed by atoms with Crippen LogP contribution in [0.1, 0.15) is 67.2 Å². The lowest BCUT2D eigenvalue weighted by Gasteiger charge is -2.46. The molecule has 0 saturated heterocycles. The van der Waals surface area contributed by atoms with Gasteiger partial charge in [0.15, 0.2) is 0 Å². The van der Waals surface area contributed by atoms with Gasteiger partial charge in [0.2, 0.25) is 0 Å². The fourth-order valence-corrected chi connectivity index (χ4v) is 3.66. The van der Waals surface area contributed by atoms with Crippen molar-refractivity contribution in [3.8, 4) is 0 Å². The number of ether oxygens (including phenoxy) is 2. The zero-order valence-corrected chi connectivity index (χ0v) is 19.2. The van der Waals surface area contributed by atoms with E-state index in [-0.39, 0.29) is 22.8 Å². The molecule has 0 N–H and O–H groups in total. The maximum atomic E-state index is 11.8. The highest BCUT2D eigenvalue weighted by molar-refractivity contribution is 5.88. The Morgan fingerprint density at radius 3 is 1.27 bits per heavy atom. The Hall–Kier alpha value is -2.62. The molecule has 0 aromatic rings. The molecule has 0 spiro atoms. The average Bonchev–Trinajstić information content (AvgIpc) is 2.68. The number of esters is 2. The summed E-state index contributed by atoms with van der Waals surface area (Å²) in [6, 6.07) is 0. The molecule has 30 heavy (non-hydrogen) atoms. The molecule has 0 heterocycles. The van der Waals surface area contributed by atoms with Crippen LogP contribution in [0.3, 0.4) is 0 Å². The van der Waals surface area contributed by atoms with Crippen molar-refractivity contribution >= 4 is 11.9 Å². The van der Waals surface area contributed by atoms with E-state index in [0.717, 1.165) is 12.8 Å². The molecular formula is C26H34O4. The van der Waals surface area contributed by atoms with Gasteiger partial charge in [0, 0.05) is 24.0 Å². The predicted octanol–water partition coefficient (Wildman–Crippen LogP) is 6.49. The first-order chi connectivity index (χ1) is 13.9. The Bertz CT molecular complexity index is 814. The van der Waals surface area contributed by atoms with Gasteiger partial charge in [0.1, 0.15) is 11.5 Å². The Morgan fingerprint density at radius 2 is 1.03 bits per heavy atom. The lowest BCUT2D eigenvalue weighted by Crippen LogP contribution is -2.37. The molecule has 0 atom stereocenters. The van der Waals surface area contributed by atoms with E-state index in [4.69, 9.17) is 9.47 Å². The summed E-state index contributed by atoms with van der Waals surface area (Å²) in [4.78, 5) is 23.5. The molecule has 0 bridgehead atoms. The maximum Gasteiger partial charge on any atom is 0.338 e. The van der Waals surface area contributed by atoms with Crippen molar-refractivity contribution in [1.29, 1.82) is 0 Å². The van der Waals surface area contributed by atoms with E-state index in [0.29, 0.717) is 35.5 Å². The van der Waals surface area contributed by atoms with Crippen LogP contribution in [-0.2, 0) is 19.1 Å². The number of carbonyl (C=O) groups excluding carboxylic acids is 2. The maximum absolute atomic E-state index is 11.8. The van der Waals surface area contributed by atoms with Crippen LogP contribution in [0.15, 0.2) is 71.3 Å². The SMILES string of the molecule is C=C(C)C(=O)OC1=CC=C(C(C)(C)C(C)(C)C2=CC=C(OC(=O)C(=C)C)CC2)CC1. The van der Waals surface area contributed by atoms with Gasteiger partial charge in [-0.3, -0.25) is 0 Å². The predicted molar refractivity (Wildman–Crippen MR) is 120 cm³/mol. The summed E-state index contributed by atoms with van der Waals surface area (Å²) >= 11 is 0. The van der Waals surface area contributed by atoms with Crippen molar-refractivity contribution in [2.45, 2.75) is 67.2 Å². The van der Waals surface area contributed by atoms with Gasteiger partial charge >= 0.3 is 11.9 Å². The summed E-state index contributed by atoms with van der Waals surface area (Å²) in [5.74, 6) is 0.619. The second kappa shape index (κ2) is 9.03. The van der Waals surface area contributed by atoms with Crippen molar-refractivity contribution in [1.82, 2.24) is 0 Å². The number of rotatable bonds is 7. The van der Waals surface area contributed by atoms with E-state index in [2.05, 4.69) is 53.0 Å². The van der Waals surface area contributed by atoms with E-state index in [1.165, 1.54) is 11.1 Å². The number of carbonyl (C=O) groups is 2. The Kier molecular flexibility index (Phi) is 7.12. The molecule has 0 amide bonds. The van der Waals surface area contributed by atoms with Crippen molar-refractivity contribution in [3.05, 3.63) is 71.3 Å².